The van der Waals surface area contributed by atoms with Crippen molar-refractivity contribution in [2.45, 2.75) is 25.3 Å². The van der Waals surface area contributed by atoms with E-state index in [0.29, 0.717) is 32.5 Å². The van der Waals surface area contributed by atoms with E-state index in [2.05, 4.69) is 5.32 Å². The Hall–Kier alpha value is -1.59. The Labute approximate surface area is 131 Å². The summed E-state index contributed by atoms with van der Waals surface area (Å²) in [5.74, 6) is -0.0589. The van der Waals surface area contributed by atoms with E-state index in [9.17, 15) is 9.59 Å². The lowest BCUT2D eigenvalue weighted by Crippen LogP contribution is -2.46. The molecule has 1 heterocycles. The third-order valence-corrected chi connectivity index (χ3v) is 3.52. The van der Waals surface area contributed by atoms with Crippen LogP contribution in [0.1, 0.15) is 18.4 Å². The lowest BCUT2D eigenvalue weighted by atomic mass is 10.1. The summed E-state index contributed by atoms with van der Waals surface area (Å²) in [7, 11) is 0. The van der Waals surface area contributed by atoms with Crippen LogP contribution < -0.4 is 11.1 Å². The Morgan fingerprint density at radius 1 is 1.29 bits per heavy atom. The van der Waals surface area contributed by atoms with Crippen molar-refractivity contribution >= 4 is 24.2 Å². The maximum Gasteiger partial charge on any atom is 0.245 e. The maximum atomic E-state index is 12.4. The number of hydrogen-bond donors (Lipinski definition) is 2. The minimum atomic E-state index is -0.371. The summed E-state index contributed by atoms with van der Waals surface area (Å²) < 4.78 is 0. The van der Waals surface area contributed by atoms with Gasteiger partial charge in [-0.2, -0.15) is 0 Å². The second kappa shape index (κ2) is 8.64. The molecule has 3 N–H and O–H groups in total. The van der Waals surface area contributed by atoms with E-state index in [-0.39, 0.29) is 30.3 Å². The summed E-state index contributed by atoms with van der Waals surface area (Å²) in [5, 5.41) is 2.72. The molecule has 1 aliphatic heterocycles. The van der Waals surface area contributed by atoms with Crippen molar-refractivity contribution in [1.29, 1.82) is 0 Å². The van der Waals surface area contributed by atoms with Gasteiger partial charge in [0, 0.05) is 26.1 Å². The zero-order chi connectivity index (χ0) is 14.4. The molecule has 0 radical (unpaired) electrons. The summed E-state index contributed by atoms with van der Waals surface area (Å²) in [6.07, 6.45) is 1.82. The quantitative estimate of drug-likeness (QED) is 0.813. The van der Waals surface area contributed by atoms with Crippen molar-refractivity contribution in [3.05, 3.63) is 35.9 Å². The topological polar surface area (TPSA) is 75.4 Å². The first-order valence-corrected chi connectivity index (χ1v) is 7.03. The third-order valence-electron chi connectivity index (χ3n) is 3.52. The van der Waals surface area contributed by atoms with Gasteiger partial charge >= 0.3 is 0 Å². The maximum absolute atomic E-state index is 12.4. The van der Waals surface area contributed by atoms with Crippen molar-refractivity contribution in [2.24, 2.45) is 5.73 Å². The van der Waals surface area contributed by atoms with Gasteiger partial charge in [-0.3, -0.25) is 9.59 Å². The van der Waals surface area contributed by atoms with Crippen molar-refractivity contribution in [3.8, 4) is 0 Å². The first-order valence-electron chi connectivity index (χ1n) is 7.03. The molecule has 1 saturated heterocycles. The Bertz CT molecular complexity index is 467. The predicted octanol–water partition coefficient (Wildman–Crippen LogP) is 0.717. The van der Waals surface area contributed by atoms with Gasteiger partial charge in [-0.25, -0.2) is 0 Å². The number of nitrogens with zero attached hydrogens (tertiary/aromatic N) is 1. The Morgan fingerprint density at radius 2 is 2.00 bits per heavy atom. The highest BCUT2D eigenvalue weighted by Crippen LogP contribution is 2.10. The number of rotatable bonds is 6. The van der Waals surface area contributed by atoms with Gasteiger partial charge in [-0.05, 0) is 18.4 Å². The molecular formula is C15H22ClN3O2. The molecule has 0 bridgehead atoms. The highest BCUT2D eigenvalue weighted by molar-refractivity contribution is 5.90. The number of nitrogens with two attached hydrogens (primary N) is 1. The number of amides is 2. The van der Waals surface area contributed by atoms with E-state index in [0.717, 1.165) is 6.42 Å². The average molecular weight is 312 g/mol. The summed E-state index contributed by atoms with van der Waals surface area (Å²) in [6, 6.07) is 9.67. The summed E-state index contributed by atoms with van der Waals surface area (Å²) in [4.78, 5) is 25.3. The van der Waals surface area contributed by atoms with Crippen LogP contribution >= 0.6 is 12.4 Å². The first-order chi connectivity index (χ1) is 9.70. The molecule has 6 heteroatoms. The Balaban J connectivity index is 0.00000220. The van der Waals surface area contributed by atoms with Gasteiger partial charge in [0.1, 0.15) is 6.04 Å². The lowest BCUT2D eigenvalue weighted by Gasteiger charge is -2.25. The molecule has 21 heavy (non-hydrogen) atoms. The van der Waals surface area contributed by atoms with Crippen LogP contribution in [-0.2, 0) is 16.0 Å². The number of nitrogens with one attached hydrogen (secondary N) is 1. The van der Waals surface area contributed by atoms with E-state index in [1.807, 2.05) is 30.3 Å². The number of carbonyl (C=O) groups is 2. The fourth-order valence-electron chi connectivity index (χ4n) is 2.42. The predicted molar refractivity (Wildman–Crippen MR) is 84.2 cm³/mol. The van der Waals surface area contributed by atoms with Crippen LogP contribution in [0.15, 0.2) is 30.3 Å². The molecule has 2 rings (SSSR count). The molecule has 0 spiro atoms. The van der Waals surface area contributed by atoms with E-state index in [1.54, 1.807) is 4.90 Å². The monoisotopic (exact) mass is 311 g/mol. The number of carbonyl (C=O) groups excluding carboxylic acids is 2. The highest BCUT2D eigenvalue weighted by Gasteiger charge is 2.30. The van der Waals surface area contributed by atoms with E-state index >= 15 is 0 Å². The van der Waals surface area contributed by atoms with Crippen LogP contribution in [0.3, 0.4) is 0 Å². The van der Waals surface area contributed by atoms with Crippen LogP contribution in [0.4, 0.5) is 0 Å². The molecule has 1 aromatic rings. The molecule has 0 aromatic heterocycles. The molecule has 2 amide bonds. The van der Waals surface area contributed by atoms with Gasteiger partial charge in [0.05, 0.1) is 0 Å². The smallest absolute Gasteiger partial charge is 0.245 e. The first kappa shape index (κ1) is 17.5. The van der Waals surface area contributed by atoms with Crippen molar-refractivity contribution in [3.63, 3.8) is 0 Å². The minimum absolute atomic E-state index is 0. The SMILES string of the molecule is Cl.NCCN(CCc1ccccc1)C(=O)[C@@H]1CCC(=O)N1. The molecule has 0 unspecified atom stereocenters. The molecule has 1 fully saturated rings. The van der Waals surface area contributed by atoms with Crippen LogP contribution in [0, 0.1) is 0 Å². The summed E-state index contributed by atoms with van der Waals surface area (Å²) in [6.45, 7) is 1.59. The molecule has 116 valence electrons. The standard InChI is InChI=1S/C15H21N3O2.ClH/c16-9-11-18(10-8-12-4-2-1-3-5-12)15(20)13-6-7-14(19)17-13;/h1-5,13H,6-11,16H2,(H,17,19);1H/t13-;/m0./s1. The van der Waals surface area contributed by atoms with Gasteiger partial charge in [0.25, 0.3) is 0 Å². The molecular weight excluding hydrogens is 290 g/mol. The van der Waals surface area contributed by atoms with Crippen LogP contribution in [-0.4, -0.2) is 42.4 Å². The van der Waals surface area contributed by atoms with Gasteiger partial charge in [-0.15, -0.1) is 12.4 Å². The third kappa shape index (κ3) is 5.02. The van der Waals surface area contributed by atoms with Gasteiger partial charge in [-0.1, -0.05) is 30.3 Å². The molecule has 1 aromatic carbocycles. The van der Waals surface area contributed by atoms with Crippen LogP contribution in [0.5, 0.6) is 0 Å². The average Bonchev–Trinajstić information content (AvgIpc) is 2.90. The van der Waals surface area contributed by atoms with Crippen LogP contribution in [0.25, 0.3) is 0 Å². The van der Waals surface area contributed by atoms with E-state index in [4.69, 9.17) is 5.73 Å². The van der Waals surface area contributed by atoms with E-state index < -0.39 is 0 Å². The normalized spacial score (nSPS) is 17.0. The largest absolute Gasteiger partial charge is 0.344 e. The Morgan fingerprint density at radius 3 is 2.57 bits per heavy atom. The number of benzene rings is 1. The van der Waals surface area contributed by atoms with Crippen molar-refractivity contribution in [1.82, 2.24) is 10.2 Å². The lowest BCUT2D eigenvalue weighted by molar-refractivity contribution is -0.134. The zero-order valence-corrected chi connectivity index (χ0v) is 12.8. The molecule has 5 nitrogen and oxygen atoms in total. The number of halogens is 1. The fourth-order valence-corrected chi connectivity index (χ4v) is 2.42. The molecule has 1 aliphatic rings. The van der Waals surface area contributed by atoms with Crippen molar-refractivity contribution < 1.29 is 9.59 Å². The van der Waals surface area contributed by atoms with Gasteiger partial charge in [0.2, 0.25) is 11.8 Å². The minimum Gasteiger partial charge on any atom is -0.344 e. The molecule has 1 atom stereocenters. The highest BCUT2D eigenvalue weighted by atomic mass is 35.5. The van der Waals surface area contributed by atoms with Gasteiger partial charge in [0.15, 0.2) is 0 Å². The molecule has 0 aliphatic carbocycles. The van der Waals surface area contributed by atoms with Crippen molar-refractivity contribution in [2.75, 3.05) is 19.6 Å². The zero-order valence-electron chi connectivity index (χ0n) is 12.0. The van der Waals surface area contributed by atoms with E-state index in [1.165, 1.54) is 5.56 Å². The van der Waals surface area contributed by atoms with Crippen LogP contribution in [0.2, 0.25) is 0 Å². The van der Waals surface area contributed by atoms with Gasteiger partial charge < -0.3 is 16.0 Å². The number of hydrogen-bond acceptors (Lipinski definition) is 3. The second-order valence-corrected chi connectivity index (χ2v) is 5.01. The molecule has 0 saturated carbocycles. The second-order valence-electron chi connectivity index (χ2n) is 5.01. The fraction of sp³-hybridized carbons (Fsp3) is 0.467. The summed E-state index contributed by atoms with van der Waals surface area (Å²) in [5.41, 5.74) is 6.77. The summed E-state index contributed by atoms with van der Waals surface area (Å²) >= 11 is 0. The Kier molecular flexibility index (Phi) is 7.19.